The van der Waals surface area contributed by atoms with Crippen molar-refractivity contribution in [2.24, 2.45) is 0 Å². The molecule has 2 rings (SSSR count). The van der Waals surface area contributed by atoms with Crippen molar-refractivity contribution >= 4 is 21.6 Å². The molecule has 3 heteroatoms. The Bertz CT molecular complexity index is 666. The molecule has 0 aliphatic carbocycles. The molecule has 0 unspecified atom stereocenters. The van der Waals surface area contributed by atoms with Crippen molar-refractivity contribution in [3.63, 3.8) is 0 Å². The van der Waals surface area contributed by atoms with Gasteiger partial charge in [0.15, 0.2) is 6.54 Å². The van der Waals surface area contributed by atoms with Crippen LogP contribution in [0.15, 0.2) is 24.3 Å². The van der Waals surface area contributed by atoms with E-state index in [0.717, 1.165) is 18.3 Å². The average Bonchev–Trinajstić information content (AvgIpc) is 3.13. The Balaban J connectivity index is 1.38. The zero-order valence-electron chi connectivity index (χ0n) is 19.8. The fourth-order valence-corrected chi connectivity index (χ4v) is 5.33. The minimum atomic E-state index is 0.852. The molecule has 2 aromatic rings. The van der Waals surface area contributed by atoms with E-state index in [1.54, 1.807) is 11.3 Å². The van der Waals surface area contributed by atoms with Gasteiger partial charge >= 0.3 is 5.19 Å². The molecule has 30 heavy (non-hydrogen) atoms. The van der Waals surface area contributed by atoms with Gasteiger partial charge in [0.05, 0.1) is 6.61 Å². The third-order valence-corrected chi connectivity index (χ3v) is 7.19. The number of thiazole rings is 1. The fraction of sp³-hybridized carbons (Fsp3) is 0.741. The summed E-state index contributed by atoms with van der Waals surface area (Å²) < 4.78 is 9.73. The first kappa shape index (κ1) is 25.2. The van der Waals surface area contributed by atoms with Gasteiger partial charge in [-0.1, -0.05) is 115 Å². The van der Waals surface area contributed by atoms with Gasteiger partial charge in [0.1, 0.15) is 4.70 Å². The molecule has 0 bridgehead atoms. The van der Waals surface area contributed by atoms with E-state index in [0.29, 0.717) is 0 Å². The van der Waals surface area contributed by atoms with Gasteiger partial charge < -0.3 is 4.74 Å². The van der Waals surface area contributed by atoms with Gasteiger partial charge in [-0.05, 0) is 30.7 Å². The van der Waals surface area contributed by atoms with E-state index in [4.69, 9.17) is 4.74 Å². The second-order valence-electron chi connectivity index (χ2n) is 8.73. The second kappa shape index (κ2) is 16.6. The quantitative estimate of drug-likeness (QED) is 0.159. The van der Waals surface area contributed by atoms with Gasteiger partial charge in [-0.2, -0.15) is 0 Å². The number of aromatic nitrogens is 1. The summed E-state index contributed by atoms with van der Waals surface area (Å²) in [5.74, 6) is 0. The monoisotopic (exact) mass is 432 g/mol. The number of hydrogen-bond donors (Lipinski definition) is 0. The summed E-state index contributed by atoms with van der Waals surface area (Å²) in [5.41, 5.74) is 1.30. The van der Waals surface area contributed by atoms with Crippen LogP contribution in [0.5, 0.6) is 5.19 Å². The Labute approximate surface area is 190 Å². The van der Waals surface area contributed by atoms with Crippen molar-refractivity contribution in [3.8, 4) is 5.19 Å². The minimum Gasteiger partial charge on any atom is -0.436 e. The molecule has 0 radical (unpaired) electrons. The topological polar surface area (TPSA) is 13.1 Å². The van der Waals surface area contributed by atoms with E-state index >= 15 is 0 Å². The van der Waals surface area contributed by atoms with Gasteiger partial charge in [0.2, 0.25) is 5.52 Å². The highest BCUT2D eigenvalue weighted by Crippen LogP contribution is 2.26. The van der Waals surface area contributed by atoms with E-state index in [1.165, 1.54) is 113 Å². The van der Waals surface area contributed by atoms with Crippen molar-refractivity contribution in [3.05, 3.63) is 24.3 Å². The van der Waals surface area contributed by atoms with Crippen LogP contribution in [0, 0.1) is 0 Å². The van der Waals surface area contributed by atoms with E-state index in [-0.39, 0.29) is 0 Å². The van der Waals surface area contributed by atoms with Gasteiger partial charge in [-0.15, -0.1) is 4.57 Å². The molecular formula is C27H46NOS+. The number of unbranched alkanes of at least 4 members (excludes halogenated alkanes) is 15. The maximum Gasteiger partial charge on any atom is 0.431 e. The SMILES string of the molecule is CCCCCCCCCCCCCCCCCCOc1sc2ccccc2[n+]1CC. The lowest BCUT2D eigenvalue weighted by Gasteiger charge is -2.04. The maximum atomic E-state index is 6.11. The summed E-state index contributed by atoms with van der Waals surface area (Å²) in [7, 11) is 0. The van der Waals surface area contributed by atoms with Gasteiger partial charge in [0, 0.05) is 6.07 Å². The lowest BCUT2D eigenvalue weighted by Crippen LogP contribution is -2.32. The first-order chi connectivity index (χ1) is 14.9. The maximum absolute atomic E-state index is 6.11. The molecule has 0 N–H and O–H groups in total. The number of rotatable bonds is 19. The molecule has 0 saturated carbocycles. The largest absolute Gasteiger partial charge is 0.436 e. The molecule has 0 fully saturated rings. The first-order valence-electron chi connectivity index (χ1n) is 12.9. The predicted molar refractivity (Wildman–Crippen MR) is 133 cm³/mol. The lowest BCUT2D eigenvalue weighted by molar-refractivity contribution is -0.669. The third-order valence-electron chi connectivity index (χ3n) is 6.11. The van der Waals surface area contributed by atoms with Crippen LogP contribution in [0.3, 0.4) is 0 Å². The normalized spacial score (nSPS) is 11.4. The fourth-order valence-electron chi connectivity index (χ4n) is 4.23. The van der Waals surface area contributed by atoms with Gasteiger partial charge in [0.25, 0.3) is 0 Å². The predicted octanol–water partition coefficient (Wildman–Crippen LogP) is 8.85. The molecule has 1 aromatic carbocycles. The van der Waals surface area contributed by atoms with E-state index in [9.17, 15) is 0 Å². The Morgan fingerprint density at radius 3 is 1.70 bits per heavy atom. The van der Waals surface area contributed by atoms with Crippen LogP contribution in [0.2, 0.25) is 0 Å². The highest BCUT2D eigenvalue weighted by atomic mass is 32.1. The number of fused-ring (bicyclic) bond motifs is 1. The molecule has 0 atom stereocenters. The number of aryl methyl sites for hydroxylation is 1. The average molecular weight is 433 g/mol. The van der Waals surface area contributed by atoms with Crippen molar-refractivity contribution in [2.45, 2.75) is 123 Å². The standard InChI is InChI=1S/C27H46NOS/c1-3-5-6-7-8-9-10-11-12-13-14-15-16-17-18-21-24-29-27-28(4-2)25-22-19-20-23-26(25)30-27/h19-20,22-23H,3-18,21,24H2,1-2H3/q+1. The Morgan fingerprint density at radius 2 is 1.17 bits per heavy atom. The van der Waals surface area contributed by atoms with Gasteiger partial charge in [-0.25, -0.2) is 0 Å². The molecule has 1 heterocycles. The summed E-state index contributed by atoms with van der Waals surface area (Å²) >= 11 is 1.78. The molecule has 0 aliphatic heterocycles. The van der Waals surface area contributed by atoms with Crippen LogP contribution in [0.4, 0.5) is 0 Å². The van der Waals surface area contributed by atoms with Crippen LogP contribution in [0.1, 0.15) is 117 Å². The third kappa shape index (κ3) is 9.81. The van der Waals surface area contributed by atoms with Crippen LogP contribution in [-0.4, -0.2) is 6.61 Å². The van der Waals surface area contributed by atoms with Crippen molar-refractivity contribution in [1.82, 2.24) is 0 Å². The highest BCUT2D eigenvalue weighted by molar-refractivity contribution is 7.19. The zero-order valence-corrected chi connectivity index (χ0v) is 20.6. The second-order valence-corrected chi connectivity index (χ2v) is 9.72. The molecule has 0 aliphatic rings. The first-order valence-corrected chi connectivity index (χ1v) is 13.7. The van der Waals surface area contributed by atoms with E-state index < -0.39 is 0 Å². The summed E-state index contributed by atoms with van der Waals surface area (Å²) in [5, 5.41) is 1.07. The Hall–Kier alpha value is -1.09. The van der Waals surface area contributed by atoms with E-state index in [2.05, 4.69) is 42.7 Å². The smallest absolute Gasteiger partial charge is 0.431 e. The van der Waals surface area contributed by atoms with Crippen molar-refractivity contribution in [2.75, 3.05) is 6.61 Å². The Kier molecular flexibility index (Phi) is 13.9. The molecule has 0 spiro atoms. The number of hydrogen-bond acceptors (Lipinski definition) is 2. The molecule has 0 saturated heterocycles. The highest BCUT2D eigenvalue weighted by Gasteiger charge is 2.19. The number of para-hydroxylation sites is 1. The van der Waals surface area contributed by atoms with Crippen LogP contribution < -0.4 is 9.30 Å². The minimum absolute atomic E-state index is 0.852. The molecule has 2 nitrogen and oxygen atoms in total. The Morgan fingerprint density at radius 1 is 0.667 bits per heavy atom. The molecular weight excluding hydrogens is 386 g/mol. The summed E-state index contributed by atoms with van der Waals surface area (Å²) in [6, 6.07) is 8.60. The van der Waals surface area contributed by atoms with Crippen molar-refractivity contribution in [1.29, 1.82) is 0 Å². The zero-order chi connectivity index (χ0) is 21.3. The molecule has 0 amide bonds. The number of nitrogens with zero attached hydrogens (tertiary/aromatic N) is 1. The summed E-state index contributed by atoms with van der Waals surface area (Å²) in [6.07, 6.45) is 22.5. The van der Waals surface area contributed by atoms with E-state index in [1.807, 2.05) is 0 Å². The molecule has 1 aromatic heterocycles. The summed E-state index contributed by atoms with van der Waals surface area (Å²) in [4.78, 5) is 0. The summed E-state index contributed by atoms with van der Waals surface area (Å²) in [6.45, 7) is 6.31. The van der Waals surface area contributed by atoms with Crippen LogP contribution in [0.25, 0.3) is 10.2 Å². The number of benzene rings is 1. The number of ether oxygens (including phenoxy) is 1. The van der Waals surface area contributed by atoms with Crippen molar-refractivity contribution < 1.29 is 9.30 Å². The van der Waals surface area contributed by atoms with Gasteiger partial charge in [-0.3, -0.25) is 0 Å². The van der Waals surface area contributed by atoms with Crippen LogP contribution in [-0.2, 0) is 6.54 Å². The van der Waals surface area contributed by atoms with Crippen LogP contribution >= 0.6 is 11.3 Å². The lowest BCUT2D eigenvalue weighted by atomic mass is 10.0. The molecule has 170 valence electrons.